The Morgan fingerprint density at radius 3 is 1.89 bits per heavy atom. The number of furan rings is 2. The van der Waals surface area contributed by atoms with E-state index in [1.54, 1.807) is 26.0 Å². The summed E-state index contributed by atoms with van der Waals surface area (Å²) in [4.78, 5) is 0. The monoisotopic (exact) mass is 671 g/mol. The van der Waals surface area contributed by atoms with Crippen molar-refractivity contribution in [3.8, 4) is 22.6 Å². The van der Waals surface area contributed by atoms with Crippen LogP contribution in [-0.2, 0) is 0 Å². The maximum Gasteiger partial charge on any atom is 0.388 e. The van der Waals surface area contributed by atoms with Crippen molar-refractivity contribution in [1.29, 1.82) is 0 Å². The summed E-state index contributed by atoms with van der Waals surface area (Å²) in [5.74, 6) is -1.29. The molecule has 4 nitrogen and oxygen atoms in total. The number of hydrogen-bond acceptors (Lipinski definition) is 2. The van der Waals surface area contributed by atoms with Crippen molar-refractivity contribution in [3.63, 3.8) is 0 Å². The molecule has 0 radical (unpaired) electrons. The molecule has 0 aliphatic carbocycles. The van der Waals surface area contributed by atoms with Crippen molar-refractivity contribution >= 4 is 57.1 Å². The van der Waals surface area contributed by atoms with Crippen LogP contribution in [-0.4, -0.2) is 3.97 Å². The van der Waals surface area contributed by atoms with Gasteiger partial charge >= 0.3 is 11.2 Å². The third-order valence-corrected chi connectivity index (χ3v) is 10.0. The average Bonchev–Trinajstić information content (AvgIpc) is 3.67. The van der Waals surface area contributed by atoms with Gasteiger partial charge in [0.1, 0.15) is 34.5 Å². The molecule has 2 aliphatic heterocycles. The van der Waals surface area contributed by atoms with Gasteiger partial charge in [-0.25, -0.2) is 13.2 Å². The van der Waals surface area contributed by atoms with Gasteiger partial charge in [0.25, 0.3) is 5.36 Å². The highest BCUT2D eigenvalue weighted by Crippen LogP contribution is 2.62. The minimum absolute atomic E-state index is 0.0368. The molecule has 6 aromatic rings. The zero-order valence-corrected chi connectivity index (χ0v) is 25.5. The van der Waals surface area contributed by atoms with Gasteiger partial charge in [0, 0.05) is 28.8 Å². The lowest BCUT2D eigenvalue weighted by atomic mass is 10.00. The van der Waals surface area contributed by atoms with Gasteiger partial charge in [0.15, 0.2) is 5.58 Å². The normalized spacial score (nSPS) is 15.7. The van der Waals surface area contributed by atoms with E-state index < -0.39 is 28.6 Å². The Morgan fingerprint density at radius 2 is 1.29 bits per heavy atom. The third kappa shape index (κ3) is 4.23. The predicted octanol–water partition coefficient (Wildman–Crippen LogP) is 9.51. The lowest BCUT2D eigenvalue weighted by molar-refractivity contribution is 0.543. The van der Waals surface area contributed by atoms with Crippen LogP contribution in [0.15, 0.2) is 81.3 Å². The van der Waals surface area contributed by atoms with Crippen LogP contribution in [0.4, 0.5) is 20.9 Å². The largest absolute Gasteiger partial charge is 0.454 e. The summed E-state index contributed by atoms with van der Waals surface area (Å²) < 4.78 is 90.5. The molecule has 45 heavy (non-hydrogen) atoms. The highest BCUT2D eigenvalue weighted by Gasteiger charge is 2.53. The molecule has 2 aliphatic rings. The van der Waals surface area contributed by atoms with Crippen LogP contribution < -0.4 is 14.8 Å². The molecule has 0 amide bonds. The first-order valence-corrected chi connectivity index (χ1v) is 15.6. The van der Waals surface area contributed by atoms with Gasteiger partial charge in [-0.05, 0) is 73.5 Å². The smallest absolute Gasteiger partial charge is 0.388 e. The van der Waals surface area contributed by atoms with E-state index in [0.29, 0.717) is 22.3 Å². The van der Waals surface area contributed by atoms with E-state index in [2.05, 4.69) is 0 Å². The van der Waals surface area contributed by atoms with E-state index >= 15 is 7.77 Å². The molecule has 226 valence electrons. The van der Waals surface area contributed by atoms with E-state index in [4.69, 9.17) is 32.0 Å². The molecule has 8 rings (SSSR count). The standard InChI is InChI=1S/C33H18Cl2F5N2O2S/c1-15-3-17(7-19(36)5-15)28-11-24-30(43-28)13-26-33(32-22(34)9-21(38)10-23(32)35)27-14-31-25(42(27)45(39,40)41(24)26)12-29(44-31)18-4-16(2)6-20(37)8-18/h3-14H,1-2H3/q+1. The van der Waals surface area contributed by atoms with Crippen LogP contribution in [0.2, 0.25) is 10.0 Å². The van der Waals surface area contributed by atoms with Crippen molar-refractivity contribution in [3.05, 3.63) is 133 Å². The lowest BCUT2D eigenvalue weighted by Gasteiger charge is -2.27. The number of hydrogen-bond donors (Lipinski definition) is 0. The predicted molar refractivity (Wildman–Crippen MR) is 166 cm³/mol. The molecular weight excluding hydrogens is 654 g/mol. The van der Waals surface area contributed by atoms with Gasteiger partial charge < -0.3 is 8.83 Å². The quantitative estimate of drug-likeness (QED) is 0.139. The van der Waals surface area contributed by atoms with Crippen LogP contribution >= 0.6 is 34.4 Å². The highest BCUT2D eigenvalue weighted by molar-refractivity contribution is 8.22. The molecule has 12 heteroatoms. The van der Waals surface area contributed by atoms with Gasteiger partial charge in [0.2, 0.25) is 11.1 Å². The van der Waals surface area contributed by atoms with Crippen LogP contribution in [0.25, 0.3) is 45.4 Å². The molecule has 0 spiro atoms. The van der Waals surface area contributed by atoms with Crippen molar-refractivity contribution < 1.29 is 29.8 Å². The molecule has 0 fully saturated rings. The number of nitrogens with zero attached hydrogens (tertiary/aromatic N) is 2. The van der Waals surface area contributed by atoms with Gasteiger partial charge in [0.05, 0.1) is 33.5 Å². The Kier molecular flexibility index (Phi) is 6.04. The number of allylic oxidation sites excluding steroid dienone is 1. The molecule has 0 bridgehead atoms. The molecular formula is C33H18Cl2F5N2O2S+. The fourth-order valence-electron chi connectivity index (χ4n) is 6.05. The lowest BCUT2D eigenvalue weighted by Crippen LogP contribution is -2.35. The van der Waals surface area contributed by atoms with Crippen molar-refractivity contribution in [2.45, 2.75) is 13.8 Å². The maximum atomic E-state index is 17.0. The first-order valence-electron chi connectivity index (χ1n) is 13.5. The molecule has 3 aromatic carbocycles. The summed E-state index contributed by atoms with van der Waals surface area (Å²) in [6, 6.07) is 15.0. The van der Waals surface area contributed by atoms with E-state index in [0.717, 1.165) is 20.1 Å². The van der Waals surface area contributed by atoms with Crippen molar-refractivity contribution in [2.75, 3.05) is 0 Å². The third-order valence-electron chi connectivity index (χ3n) is 7.75. The SMILES string of the molecule is Cc1cc(F)cc(-c2cc3c(o2)=CC2=C(c4c(Cl)cc(F)cc4Cl)c4cc5oc(-c6cc(C)cc(F)c6)cc5n4S(F)(F)[N+]=32)c1. The van der Waals surface area contributed by atoms with Gasteiger partial charge in [-0.2, -0.15) is 3.97 Å². The number of benzene rings is 3. The molecule has 3 aromatic heterocycles. The fourth-order valence-corrected chi connectivity index (χ4v) is 8.39. The Balaban J connectivity index is 1.44. The number of halogens is 7. The first-order chi connectivity index (χ1) is 21.4. The fraction of sp³-hybridized carbons (Fsp3) is 0.0606. The topological polar surface area (TPSA) is 34.2 Å². The molecule has 5 heterocycles. The Bertz CT molecular complexity index is 2400. The van der Waals surface area contributed by atoms with Gasteiger partial charge in [-0.1, -0.05) is 35.0 Å². The summed E-state index contributed by atoms with van der Waals surface area (Å²) in [6.45, 7) is 3.43. The van der Waals surface area contributed by atoms with Gasteiger partial charge in [-0.15, -0.1) is 0 Å². The average molecular weight is 672 g/mol. The molecule has 0 saturated heterocycles. The molecule has 0 atom stereocenters. The Morgan fingerprint density at radius 1 is 0.711 bits per heavy atom. The number of rotatable bonds is 3. The van der Waals surface area contributed by atoms with Crippen LogP contribution in [0, 0.1) is 31.3 Å². The van der Waals surface area contributed by atoms with Crippen LogP contribution in [0.3, 0.4) is 0 Å². The van der Waals surface area contributed by atoms with Crippen LogP contribution in [0.5, 0.6) is 0 Å². The number of fused-ring (bicyclic) bond motifs is 5. The maximum absolute atomic E-state index is 17.0. The Hall–Kier alpha value is -4.25. The van der Waals surface area contributed by atoms with Gasteiger partial charge in [-0.3, -0.25) is 0 Å². The summed E-state index contributed by atoms with van der Waals surface area (Å²) in [7, 11) is 0. The highest BCUT2D eigenvalue weighted by atomic mass is 35.5. The second-order valence-electron chi connectivity index (χ2n) is 10.9. The minimum Gasteiger partial charge on any atom is -0.454 e. The molecule has 0 unspecified atom stereocenters. The van der Waals surface area contributed by atoms with E-state index in [9.17, 15) is 13.2 Å². The number of aromatic nitrogens is 1. The minimum atomic E-state index is -4.93. The second kappa shape index (κ2) is 9.62. The van der Waals surface area contributed by atoms with E-state index in [1.165, 1.54) is 48.5 Å². The van der Waals surface area contributed by atoms with Crippen molar-refractivity contribution in [1.82, 2.24) is 7.95 Å². The summed E-state index contributed by atoms with van der Waals surface area (Å²) in [5.41, 5.74) is 2.72. The zero-order chi connectivity index (χ0) is 31.5. The molecule has 0 saturated carbocycles. The summed E-state index contributed by atoms with van der Waals surface area (Å²) >= 11 is 8.12. The van der Waals surface area contributed by atoms with Crippen molar-refractivity contribution in [2.24, 2.45) is 0 Å². The van der Waals surface area contributed by atoms with Crippen LogP contribution in [0.1, 0.15) is 22.4 Å². The van der Waals surface area contributed by atoms with E-state index in [-0.39, 0.29) is 66.0 Å². The first kappa shape index (κ1) is 28.2. The Labute approximate surface area is 263 Å². The second-order valence-corrected chi connectivity index (χ2v) is 13.3. The molecule has 0 N–H and O–H groups in total. The van der Waals surface area contributed by atoms with E-state index in [1.807, 2.05) is 0 Å². The number of aryl methyl sites for hydroxylation is 2. The summed E-state index contributed by atoms with van der Waals surface area (Å²) in [6.07, 6.45) is 1.44. The summed E-state index contributed by atoms with van der Waals surface area (Å²) in [5, 5.41) is -0.127. The zero-order valence-electron chi connectivity index (χ0n) is 23.2.